The van der Waals surface area contributed by atoms with E-state index >= 15 is 0 Å². The van der Waals surface area contributed by atoms with Crippen LogP contribution in [0.2, 0.25) is 0 Å². The summed E-state index contributed by atoms with van der Waals surface area (Å²) in [5.41, 5.74) is 3.66. The van der Waals surface area contributed by atoms with E-state index in [9.17, 15) is 25.9 Å². The summed E-state index contributed by atoms with van der Waals surface area (Å²) >= 11 is 0. The van der Waals surface area contributed by atoms with Crippen LogP contribution in [-0.4, -0.2) is 53.6 Å². The van der Waals surface area contributed by atoms with Crippen LogP contribution in [0.25, 0.3) is 38.5 Å². The summed E-state index contributed by atoms with van der Waals surface area (Å²) in [4.78, 5) is -0.107. The maximum Gasteiger partial charge on any atom is 0.295 e. The number of hydrogen-bond acceptors (Lipinski definition) is 4. The molecule has 8 nitrogen and oxygen atoms in total. The Morgan fingerprint density at radius 3 is 2.26 bits per heavy atom. The van der Waals surface area contributed by atoms with Gasteiger partial charge in [-0.3, -0.25) is 9.11 Å². The molecule has 0 unspecified atom stereocenters. The van der Waals surface area contributed by atoms with Crippen LogP contribution >= 0.6 is 0 Å². The van der Waals surface area contributed by atoms with Crippen LogP contribution in [0.1, 0.15) is 12.0 Å². The Morgan fingerprint density at radius 2 is 1.49 bits per heavy atom. The van der Waals surface area contributed by atoms with Crippen molar-refractivity contribution in [3.63, 3.8) is 0 Å². The van der Waals surface area contributed by atoms with Crippen LogP contribution in [0.3, 0.4) is 0 Å². The average Bonchev–Trinajstić information content (AvgIpc) is 3.41. The van der Waals surface area contributed by atoms with Crippen LogP contribution in [0, 0.1) is 0 Å². The van der Waals surface area contributed by atoms with Crippen molar-refractivity contribution < 1.29 is 30.5 Å². The smallest absolute Gasteiger partial charge is 0.295 e. The summed E-state index contributed by atoms with van der Waals surface area (Å²) in [7, 11) is -6.48. The quantitative estimate of drug-likeness (QED) is 0.130. The van der Waals surface area contributed by atoms with E-state index in [1.54, 1.807) is 18.2 Å². The monoisotopic (exact) mass is 613 g/mol. The molecule has 1 aliphatic rings. The van der Waals surface area contributed by atoms with Gasteiger partial charge in [0.25, 0.3) is 20.2 Å². The van der Waals surface area contributed by atoms with Gasteiger partial charge in [-0.1, -0.05) is 72.8 Å². The summed E-state index contributed by atoms with van der Waals surface area (Å²) in [5, 5.41) is 5.52. The summed E-state index contributed by atoms with van der Waals surface area (Å²) in [6.45, 7) is 0.443. The van der Waals surface area contributed by atoms with Crippen molar-refractivity contribution >= 4 is 70.2 Å². The van der Waals surface area contributed by atoms with Crippen molar-refractivity contribution in [2.45, 2.75) is 17.9 Å². The number of hydrogen-bond donors (Lipinski definition) is 2. The molecule has 0 amide bonds. The first-order valence-corrected chi connectivity index (χ1v) is 16.7. The van der Waals surface area contributed by atoms with Gasteiger partial charge in [0.05, 0.1) is 16.7 Å². The lowest BCUT2D eigenvalue weighted by atomic mass is 10.0. The van der Waals surface area contributed by atoms with Gasteiger partial charge in [0.15, 0.2) is 0 Å². The molecule has 0 spiro atoms. The highest BCUT2D eigenvalue weighted by atomic mass is 32.2. The fourth-order valence-corrected chi connectivity index (χ4v) is 7.12. The van der Waals surface area contributed by atoms with Crippen LogP contribution in [0.4, 0.5) is 5.69 Å². The molecule has 10 heteroatoms. The molecule has 0 atom stereocenters. The van der Waals surface area contributed by atoms with Crippen molar-refractivity contribution in [3.05, 3.63) is 114 Å². The molecule has 5 aromatic rings. The zero-order valence-corrected chi connectivity index (χ0v) is 24.9. The summed E-state index contributed by atoms with van der Waals surface area (Å²) < 4.78 is 69.4. The molecule has 6 rings (SSSR count). The highest BCUT2D eigenvalue weighted by Gasteiger charge is 2.30. The van der Waals surface area contributed by atoms with Gasteiger partial charge in [-0.15, -0.1) is 0 Å². The number of allylic oxidation sites excluding steroid dienone is 6. The van der Waals surface area contributed by atoms with E-state index in [1.807, 2.05) is 78.4 Å². The van der Waals surface area contributed by atoms with E-state index in [2.05, 4.69) is 22.8 Å². The first-order valence-electron chi connectivity index (χ1n) is 13.7. The number of rotatable bonds is 9. The highest BCUT2D eigenvalue weighted by molar-refractivity contribution is 7.86. The molecular weight excluding hydrogens is 585 g/mol. The van der Waals surface area contributed by atoms with Crippen molar-refractivity contribution in [3.8, 4) is 0 Å². The standard InChI is InChI=1S/C33H28N2O6S2/c1-34-27(24-14-9-15-26-31(43(39,40)41)20-19-29(34)33(24)26)16-5-3-2-4-6-17-28-25-13-7-11-23-12-8-18-30(32(23)25)35(28)21-10-22-42(36,37)38/h2-9,11-20H,10,21-22H2,1H3,(H-,36,37,38,39,40,41)/p+1. The minimum Gasteiger partial charge on any atom is -0.340 e. The SMILES string of the molecule is C[N+]1=C(/C=C/C=C/C=C/C=c2/c3cccc4cccc(c43)n2CCCS(=O)(=O)O)c2cccc3c(S(=O)(=O)O)ccc1c23. The van der Waals surface area contributed by atoms with Gasteiger partial charge in [0.2, 0.25) is 11.4 Å². The van der Waals surface area contributed by atoms with Crippen LogP contribution < -0.4 is 5.35 Å². The highest BCUT2D eigenvalue weighted by Crippen LogP contribution is 2.38. The second kappa shape index (κ2) is 11.1. The van der Waals surface area contributed by atoms with Gasteiger partial charge in [-0.05, 0) is 36.1 Å². The predicted octanol–water partition coefficient (Wildman–Crippen LogP) is 5.42. The molecule has 1 aromatic heterocycles. The molecule has 43 heavy (non-hydrogen) atoms. The first kappa shape index (κ1) is 28.8. The Labute approximate surface area is 249 Å². The Morgan fingerprint density at radius 1 is 0.791 bits per heavy atom. The van der Waals surface area contributed by atoms with Crippen molar-refractivity contribution in [1.29, 1.82) is 0 Å². The molecule has 0 fully saturated rings. The molecule has 218 valence electrons. The molecular formula is C33H29N2O6S2+. The van der Waals surface area contributed by atoms with E-state index in [4.69, 9.17) is 0 Å². The molecule has 0 saturated carbocycles. The lowest BCUT2D eigenvalue weighted by Crippen LogP contribution is -2.18. The molecule has 2 N–H and O–H groups in total. The zero-order chi connectivity index (χ0) is 30.4. The van der Waals surface area contributed by atoms with E-state index in [-0.39, 0.29) is 17.1 Å². The predicted molar refractivity (Wildman–Crippen MR) is 171 cm³/mol. The van der Waals surface area contributed by atoms with Crippen molar-refractivity contribution in [1.82, 2.24) is 4.57 Å². The van der Waals surface area contributed by atoms with Crippen molar-refractivity contribution in [2.75, 3.05) is 12.8 Å². The van der Waals surface area contributed by atoms with Crippen LogP contribution in [0.5, 0.6) is 0 Å². The van der Waals surface area contributed by atoms with Gasteiger partial charge in [0.1, 0.15) is 11.9 Å². The van der Waals surface area contributed by atoms with Gasteiger partial charge >= 0.3 is 0 Å². The fraction of sp³-hybridized carbons (Fsp3) is 0.121. The lowest BCUT2D eigenvalue weighted by Gasteiger charge is -2.06. The minimum atomic E-state index is -4.35. The number of benzene rings is 4. The Hall–Kier alpha value is -4.35. The minimum absolute atomic E-state index is 0.107. The van der Waals surface area contributed by atoms with Gasteiger partial charge in [-0.25, -0.2) is 0 Å². The van der Waals surface area contributed by atoms with Gasteiger partial charge < -0.3 is 4.57 Å². The first-order chi connectivity index (χ1) is 20.5. The second-order valence-corrected chi connectivity index (χ2v) is 13.3. The van der Waals surface area contributed by atoms with E-state index in [1.165, 1.54) is 6.07 Å². The van der Waals surface area contributed by atoms with E-state index in [0.29, 0.717) is 11.9 Å². The maximum atomic E-state index is 11.9. The van der Waals surface area contributed by atoms with E-state index in [0.717, 1.165) is 49.4 Å². The Balaban J connectivity index is 1.27. The molecule has 0 saturated heterocycles. The van der Waals surface area contributed by atoms with Gasteiger partial charge in [-0.2, -0.15) is 21.4 Å². The molecule has 1 aliphatic heterocycles. The molecule has 0 bridgehead atoms. The van der Waals surface area contributed by atoms with E-state index < -0.39 is 20.2 Å². The largest absolute Gasteiger partial charge is 0.340 e. The summed E-state index contributed by atoms with van der Waals surface area (Å²) in [5.74, 6) is -0.302. The van der Waals surface area contributed by atoms with Crippen LogP contribution in [0.15, 0.2) is 108 Å². The Kier molecular flexibility index (Phi) is 7.39. The van der Waals surface area contributed by atoms with Crippen molar-refractivity contribution in [2.24, 2.45) is 0 Å². The fourth-order valence-electron chi connectivity index (χ4n) is 5.94. The number of aromatic nitrogens is 1. The molecule has 0 radical (unpaired) electrons. The average molecular weight is 614 g/mol. The van der Waals surface area contributed by atoms with Crippen LogP contribution in [-0.2, 0) is 26.8 Å². The third kappa shape index (κ3) is 5.46. The molecule has 2 heterocycles. The summed E-state index contributed by atoms with van der Waals surface area (Å²) in [6.07, 6.45) is 13.8. The summed E-state index contributed by atoms with van der Waals surface area (Å²) in [6, 6.07) is 20.7. The number of nitrogens with zero attached hydrogens (tertiary/aromatic N) is 2. The maximum absolute atomic E-state index is 11.9. The third-order valence-corrected chi connectivity index (χ3v) is 9.45. The van der Waals surface area contributed by atoms with Gasteiger partial charge in [0, 0.05) is 45.7 Å². The molecule has 4 aromatic carbocycles. The Bertz CT molecular complexity index is 2320. The third-order valence-electron chi connectivity index (χ3n) is 7.73. The zero-order valence-electron chi connectivity index (χ0n) is 23.3. The molecule has 0 aliphatic carbocycles. The topological polar surface area (TPSA) is 117 Å². The number of aryl methyl sites for hydroxylation is 1. The second-order valence-electron chi connectivity index (χ2n) is 10.4. The lowest BCUT2D eigenvalue weighted by molar-refractivity contribution is -0.399. The normalized spacial score (nSPS) is 14.8.